The van der Waals surface area contributed by atoms with Crippen LogP contribution in [0.15, 0.2) is 6.07 Å². The van der Waals surface area contributed by atoms with E-state index in [1.807, 2.05) is 6.07 Å². The standard InChI is InChI=1S/C15H24ClN3/c1-3-19(4-2)10-9-15-17-13(11-14(16)18-15)12-7-5-6-8-12/h11-12H,3-10H2,1-2H3. The maximum absolute atomic E-state index is 6.15. The SMILES string of the molecule is CCN(CC)CCc1nc(Cl)cc(C2CCCC2)n1. The van der Waals surface area contributed by atoms with Crippen molar-refractivity contribution in [2.24, 2.45) is 0 Å². The van der Waals surface area contributed by atoms with E-state index in [-0.39, 0.29) is 0 Å². The van der Waals surface area contributed by atoms with Crippen LogP contribution >= 0.6 is 11.6 Å². The zero-order valence-electron chi connectivity index (χ0n) is 12.0. The summed E-state index contributed by atoms with van der Waals surface area (Å²) < 4.78 is 0. The quantitative estimate of drug-likeness (QED) is 0.745. The van der Waals surface area contributed by atoms with Crippen LogP contribution in [0.5, 0.6) is 0 Å². The van der Waals surface area contributed by atoms with Crippen LogP contribution in [-0.4, -0.2) is 34.5 Å². The lowest BCUT2D eigenvalue weighted by molar-refractivity contribution is 0.305. The zero-order chi connectivity index (χ0) is 13.7. The fraction of sp³-hybridized carbons (Fsp3) is 0.733. The predicted octanol–water partition coefficient (Wildman–Crippen LogP) is 3.67. The Bertz CT molecular complexity index is 398. The number of hydrogen-bond donors (Lipinski definition) is 0. The summed E-state index contributed by atoms with van der Waals surface area (Å²) in [5.74, 6) is 1.51. The summed E-state index contributed by atoms with van der Waals surface area (Å²) in [4.78, 5) is 11.5. The van der Waals surface area contributed by atoms with E-state index in [4.69, 9.17) is 16.6 Å². The molecule has 2 rings (SSSR count). The highest BCUT2D eigenvalue weighted by molar-refractivity contribution is 6.29. The second-order valence-corrected chi connectivity index (χ2v) is 5.68. The molecule has 0 N–H and O–H groups in total. The molecule has 0 aliphatic heterocycles. The number of hydrogen-bond acceptors (Lipinski definition) is 3. The van der Waals surface area contributed by atoms with Crippen molar-refractivity contribution in [3.05, 3.63) is 22.7 Å². The molecule has 106 valence electrons. The van der Waals surface area contributed by atoms with E-state index in [1.165, 1.54) is 25.7 Å². The molecule has 1 aliphatic carbocycles. The van der Waals surface area contributed by atoms with Gasteiger partial charge in [-0.3, -0.25) is 0 Å². The summed E-state index contributed by atoms with van der Waals surface area (Å²) in [6, 6.07) is 1.96. The van der Waals surface area contributed by atoms with E-state index < -0.39 is 0 Å². The van der Waals surface area contributed by atoms with Crippen LogP contribution in [0, 0.1) is 0 Å². The molecule has 0 atom stereocenters. The molecule has 0 spiro atoms. The van der Waals surface area contributed by atoms with Gasteiger partial charge in [-0.25, -0.2) is 9.97 Å². The third kappa shape index (κ3) is 4.15. The fourth-order valence-corrected chi connectivity index (χ4v) is 3.03. The first kappa shape index (κ1) is 14.7. The van der Waals surface area contributed by atoms with E-state index >= 15 is 0 Å². The van der Waals surface area contributed by atoms with Gasteiger partial charge in [0, 0.05) is 24.6 Å². The van der Waals surface area contributed by atoms with Gasteiger partial charge < -0.3 is 4.90 Å². The third-order valence-electron chi connectivity index (χ3n) is 4.08. The molecule has 19 heavy (non-hydrogen) atoms. The Hall–Kier alpha value is -0.670. The fourth-order valence-electron chi connectivity index (χ4n) is 2.82. The summed E-state index contributed by atoms with van der Waals surface area (Å²) in [5.41, 5.74) is 1.16. The van der Waals surface area contributed by atoms with Gasteiger partial charge in [0.05, 0.1) is 0 Å². The largest absolute Gasteiger partial charge is 0.303 e. The first-order valence-electron chi connectivity index (χ1n) is 7.48. The average Bonchev–Trinajstić information content (AvgIpc) is 2.93. The van der Waals surface area contributed by atoms with Crippen molar-refractivity contribution in [2.75, 3.05) is 19.6 Å². The molecule has 0 aromatic carbocycles. The van der Waals surface area contributed by atoms with Gasteiger partial charge in [-0.15, -0.1) is 0 Å². The Kier molecular flexibility index (Phi) is 5.59. The van der Waals surface area contributed by atoms with Crippen LogP contribution in [-0.2, 0) is 6.42 Å². The lowest BCUT2D eigenvalue weighted by atomic mass is 10.0. The molecular formula is C15H24ClN3. The van der Waals surface area contributed by atoms with Crippen molar-refractivity contribution in [3.63, 3.8) is 0 Å². The van der Waals surface area contributed by atoms with Crippen molar-refractivity contribution in [1.82, 2.24) is 14.9 Å². The van der Waals surface area contributed by atoms with Gasteiger partial charge in [0.15, 0.2) is 0 Å². The first-order chi connectivity index (χ1) is 9.22. The summed E-state index contributed by atoms with van der Waals surface area (Å²) >= 11 is 6.15. The number of likely N-dealkylation sites (N-methyl/N-ethyl adjacent to an activating group) is 1. The van der Waals surface area contributed by atoms with Gasteiger partial charge in [-0.05, 0) is 32.0 Å². The van der Waals surface area contributed by atoms with Crippen molar-refractivity contribution in [3.8, 4) is 0 Å². The number of rotatable bonds is 6. The molecule has 0 radical (unpaired) electrons. The highest BCUT2D eigenvalue weighted by Crippen LogP contribution is 2.33. The Labute approximate surface area is 121 Å². The predicted molar refractivity (Wildman–Crippen MR) is 79.7 cm³/mol. The van der Waals surface area contributed by atoms with Gasteiger partial charge in [0.25, 0.3) is 0 Å². The Balaban J connectivity index is 2.03. The minimum atomic E-state index is 0.603. The second kappa shape index (κ2) is 7.20. The van der Waals surface area contributed by atoms with Crippen molar-refractivity contribution < 1.29 is 0 Å². The summed E-state index contributed by atoms with van der Waals surface area (Å²) in [6.45, 7) is 7.54. The summed E-state index contributed by atoms with van der Waals surface area (Å²) in [7, 11) is 0. The zero-order valence-corrected chi connectivity index (χ0v) is 12.8. The molecule has 1 fully saturated rings. The van der Waals surface area contributed by atoms with Gasteiger partial charge in [0.2, 0.25) is 0 Å². The molecular weight excluding hydrogens is 258 g/mol. The van der Waals surface area contributed by atoms with Gasteiger partial charge >= 0.3 is 0 Å². The van der Waals surface area contributed by atoms with Crippen molar-refractivity contribution in [1.29, 1.82) is 0 Å². The number of aromatic nitrogens is 2. The number of halogens is 1. The highest BCUT2D eigenvalue weighted by atomic mass is 35.5. The third-order valence-corrected chi connectivity index (χ3v) is 4.27. The molecule has 1 aliphatic rings. The van der Waals surface area contributed by atoms with Crippen LogP contribution in [0.3, 0.4) is 0 Å². The Morgan fingerprint density at radius 2 is 1.89 bits per heavy atom. The lowest BCUT2D eigenvalue weighted by Gasteiger charge is -2.17. The molecule has 3 nitrogen and oxygen atoms in total. The Morgan fingerprint density at radius 3 is 2.53 bits per heavy atom. The summed E-state index contributed by atoms with van der Waals surface area (Å²) in [5, 5.41) is 0.603. The van der Waals surface area contributed by atoms with Gasteiger partial charge in [-0.1, -0.05) is 38.3 Å². The Morgan fingerprint density at radius 1 is 1.21 bits per heavy atom. The normalized spacial score (nSPS) is 16.4. The van der Waals surface area contributed by atoms with E-state index in [0.717, 1.165) is 37.6 Å². The maximum atomic E-state index is 6.15. The van der Waals surface area contributed by atoms with Crippen LogP contribution in [0.25, 0.3) is 0 Å². The monoisotopic (exact) mass is 281 g/mol. The molecule has 0 amide bonds. The maximum Gasteiger partial charge on any atom is 0.133 e. The first-order valence-corrected chi connectivity index (χ1v) is 7.86. The lowest BCUT2D eigenvalue weighted by Crippen LogP contribution is -2.26. The topological polar surface area (TPSA) is 29.0 Å². The smallest absolute Gasteiger partial charge is 0.133 e. The molecule has 1 aromatic rings. The van der Waals surface area contributed by atoms with Crippen molar-refractivity contribution in [2.45, 2.75) is 51.9 Å². The van der Waals surface area contributed by atoms with E-state index in [9.17, 15) is 0 Å². The number of nitrogens with zero attached hydrogens (tertiary/aromatic N) is 3. The van der Waals surface area contributed by atoms with E-state index in [1.54, 1.807) is 0 Å². The molecule has 1 saturated carbocycles. The van der Waals surface area contributed by atoms with E-state index in [2.05, 4.69) is 23.7 Å². The highest BCUT2D eigenvalue weighted by Gasteiger charge is 2.19. The second-order valence-electron chi connectivity index (χ2n) is 5.29. The van der Waals surface area contributed by atoms with Crippen LogP contribution in [0.2, 0.25) is 5.15 Å². The molecule has 1 heterocycles. The molecule has 4 heteroatoms. The minimum Gasteiger partial charge on any atom is -0.303 e. The summed E-state index contributed by atoms with van der Waals surface area (Å²) in [6.07, 6.45) is 6.04. The average molecular weight is 282 g/mol. The van der Waals surface area contributed by atoms with Gasteiger partial charge in [0.1, 0.15) is 11.0 Å². The molecule has 0 saturated heterocycles. The molecule has 0 bridgehead atoms. The van der Waals surface area contributed by atoms with Crippen LogP contribution in [0.4, 0.5) is 0 Å². The van der Waals surface area contributed by atoms with Crippen molar-refractivity contribution >= 4 is 11.6 Å². The van der Waals surface area contributed by atoms with Crippen LogP contribution in [0.1, 0.15) is 57.0 Å². The van der Waals surface area contributed by atoms with E-state index in [0.29, 0.717) is 11.1 Å². The van der Waals surface area contributed by atoms with Gasteiger partial charge in [-0.2, -0.15) is 0 Å². The van der Waals surface area contributed by atoms with Crippen LogP contribution < -0.4 is 0 Å². The minimum absolute atomic E-state index is 0.603. The molecule has 1 aromatic heterocycles. The molecule has 0 unspecified atom stereocenters.